The SMILES string of the molecule is CCOC(=O)C(SC(=S)N1CCCCC1)C(=O)OCC. The zero-order valence-corrected chi connectivity index (χ0v) is 13.6. The van der Waals surface area contributed by atoms with Gasteiger partial charge in [-0.1, -0.05) is 24.0 Å². The lowest BCUT2D eigenvalue weighted by atomic mass is 10.1. The van der Waals surface area contributed by atoms with Gasteiger partial charge in [0.2, 0.25) is 5.25 Å². The normalized spacial score (nSPS) is 15.1. The standard InChI is InChI=1S/C13H21NO4S2/c1-3-17-11(15)10(12(16)18-4-2)20-13(19)14-8-6-5-7-9-14/h10H,3-9H2,1-2H3. The van der Waals surface area contributed by atoms with Crippen LogP contribution in [0.5, 0.6) is 0 Å². The van der Waals surface area contributed by atoms with Crippen LogP contribution < -0.4 is 0 Å². The number of hydrogen-bond donors (Lipinski definition) is 0. The van der Waals surface area contributed by atoms with E-state index in [9.17, 15) is 9.59 Å². The molecule has 20 heavy (non-hydrogen) atoms. The fraction of sp³-hybridized carbons (Fsp3) is 0.769. The summed E-state index contributed by atoms with van der Waals surface area (Å²) in [7, 11) is 0. The van der Waals surface area contributed by atoms with Gasteiger partial charge < -0.3 is 14.4 Å². The lowest BCUT2D eigenvalue weighted by Crippen LogP contribution is -2.38. The second-order valence-corrected chi connectivity index (χ2v) is 6.05. The second-order valence-electron chi connectivity index (χ2n) is 4.32. The molecular weight excluding hydrogens is 298 g/mol. The highest BCUT2D eigenvalue weighted by Gasteiger charge is 2.33. The van der Waals surface area contributed by atoms with Gasteiger partial charge in [0.25, 0.3) is 0 Å². The van der Waals surface area contributed by atoms with Gasteiger partial charge in [-0.25, -0.2) is 0 Å². The Kier molecular flexibility index (Phi) is 7.91. The molecule has 1 fully saturated rings. The smallest absolute Gasteiger partial charge is 0.331 e. The van der Waals surface area contributed by atoms with Crippen LogP contribution in [0.15, 0.2) is 0 Å². The van der Waals surface area contributed by atoms with Crippen LogP contribution in [-0.2, 0) is 19.1 Å². The first-order valence-electron chi connectivity index (χ1n) is 6.89. The molecule has 1 rings (SSSR count). The predicted octanol–water partition coefficient (Wildman–Crippen LogP) is 1.99. The first-order valence-corrected chi connectivity index (χ1v) is 8.17. The van der Waals surface area contributed by atoms with E-state index in [2.05, 4.69) is 0 Å². The van der Waals surface area contributed by atoms with Crippen molar-refractivity contribution in [3.63, 3.8) is 0 Å². The summed E-state index contributed by atoms with van der Waals surface area (Å²) < 4.78 is 10.4. The second kappa shape index (κ2) is 9.18. The average Bonchev–Trinajstić information content (AvgIpc) is 2.45. The van der Waals surface area contributed by atoms with E-state index >= 15 is 0 Å². The van der Waals surface area contributed by atoms with Crippen molar-refractivity contribution >= 4 is 40.2 Å². The molecule has 0 unspecified atom stereocenters. The molecule has 0 aromatic rings. The van der Waals surface area contributed by atoms with Crippen LogP contribution in [0.3, 0.4) is 0 Å². The molecular formula is C13H21NO4S2. The monoisotopic (exact) mass is 319 g/mol. The minimum absolute atomic E-state index is 0.228. The Bertz CT molecular complexity index is 338. The largest absolute Gasteiger partial charge is 0.465 e. The number of rotatable bonds is 5. The van der Waals surface area contributed by atoms with E-state index in [0.29, 0.717) is 4.32 Å². The maximum absolute atomic E-state index is 11.9. The van der Waals surface area contributed by atoms with Gasteiger partial charge in [-0.15, -0.1) is 0 Å². The van der Waals surface area contributed by atoms with Crippen LogP contribution in [0, 0.1) is 0 Å². The molecule has 1 heterocycles. The maximum Gasteiger partial charge on any atom is 0.331 e. The summed E-state index contributed by atoms with van der Waals surface area (Å²) in [6.07, 6.45) is 3.37. The number of thiocarbonyl (C=S) groups is 1. The third-order valence-electron chi connectivity index (χ3n) is 2.83. The molecule has 0 radical (unpaired) electrons. The predicted molar refractivity (Wildman–Crippen MR) is 82.7 cm³/mol. The highest BCUT2D eigenvalue weighted by atomic mass is 32.2. The molecule has 0 amide bonds. The van der Waals surface area contributed by atoms with Gasteiger partial charge in [-0.3, -0.25) is 9.59 Å². The van der Waals surface area contributed by atoms with Gasteiger partial charge in [-0.05, 0) is 33.1 Å². The van der Waals surface area contributed by atoms with Gasteiger partial charge in [-0.2, -0.15) is 0 Å². The Morgan fingerprint density at radius 2 is 1.60 bits per heavy atom. The summed E-state index contributed by atoms with van der Waals surface area (Å²) in [5.41, 5.74) is 0. The quantitative estimate of drug-likeness (QED) is 0.436. The Balaban J connectivity index is 2.64. The lowest BCUT2D eigenvalue weighted by molar-refractivity contribution is -0.152. The molecule has 0 N–H and O–H groups in total. The first-order chi connectivity index (χ1) is 9.60. The van der Waals surface area contributed by atoms with Crippen molar-refractivity contribution in [1.82, 2.24) is 4.90 Å². The highest BCUT2D eigenvalue weighted by Crippen LogP contribution is 2.22. The van der Waals surface area contributed by atoms with E-state index in [-0.39, 0.29) is 13.2 Å². The number of hydrogen-bond acceptors (Lipinski definition) is 6. The number of piperidine rings is 1. The van der Waals surface area contributed by atoms with E-state index in [1.165, 1.54) is 6.42 Å². The van der Waals surface area contributed by atoms with Crippen molar-refractivity contribution in [2.45, 2.75) is 38.4 Å². The molecule has 0 spiro atoms. The molecule has 1 aliphatic rings. The topological polar surface area (TPSA) is 55.8 Å². The summed E-state index contributed by atoms with van der Waals surface area (Å²) in [6, 6.07) is 0. The number of carbonyl (C=O) groups excluding carboxylic acids is 2. The molecule has 0 aliphatic carbocycles. The Morgan fingerprint density at radius 3 is 2.05 bits per heavy atom. The van der Waals surface area contributed by atoms with Gasteiger partial charge in [0.05, 0.1) is 13.2 Å². The minimum atomic E-state index is -1.02. The van der Waals surface area contributed by atoms with Crippen molar-refractivity contribution in [2.24, 2.45) is 0 Å². The number of carbonyl (C=O) groups is 2. The van der Waals surface area contributed by atoms with Crippen molar-refractivity contribution in [3.8, 4) is 0 Å². The van der Waals surface area contributed by atoms with Gasteiger partial charge >= 0.3 is 11.9 Å². The van der Waals surface area contributed by atoms with Crippen LogP contribution in [0.1, 0.15) is 33.1 Å². The molecule has 5 nitrogen and oxygen atoms in total. The molecule has 1 aliphatic heterocycles. The third kappa shape index (κ3) is 5.28. The number of ether oxygens (including phenoxy) is 2. The highest BCUT2D eigenvalue weighted by molar-refractivity contribution is 8.24. The minimum Gasteiger partial charge on any atom is -0.465 e. The Morgan fingerprint density at radius 1 is 1.10 bits per heavy atom. The molecule has 114 valence electrons. The number of esters is 2. The zero-order chi connectivity index (χ0) is 15.0. The van der Waals surface area contributed by atoms with Crippen LogP contribution in [0.25, 0.3) is 0 Å². The summed E-state index contributed by atoms with van der Waals surface area (Å²) in [4.78, 5) is 25.7. The van der Waals surface area contributed by atoms with Crippen LogP contribution >= 0.6 is 24.0 Å². The van der Waals surface area contributed by atoms with E-state index in [4.69, 9.17) is 21.7 Å². The number of nitrogens with zero attached hydrogens (tertiary/aromatic N) is 1. The number of thioether (sulfide) groups is 1. The molecule has 1 saturated heterocycles. The van der Waals surface area contributed by atoms with Crippen LogP contribution in [0.4, 0.5) is 0 Å². The van der Waals surface area contributed by atoms with Gasteiger partial charge in [0.15, 0.2) is 0 Å². The van der Waals surface area contributed by atoms with E-state index in [0.717, 1.165) is 37.7 Å². The Hall–Kier alpha value is -0.820. The summed E-state index contributed by atoms with van der Waals surface area (Å²) in [5, 5.41) is -1.02. The van der Waals surface area contributed by atoms with Crippen LogP contribution in [-0.4, -0.2) is 52.7 Å². The molecule has 0 bridgehead atoms. The number of likely N-dealkylation sites (tertiary alicyclic amines) is 1. The summed E-state index contributed by atoms with van der Waals surface area (Å²) in [5.74, 6) is -1.18. The van der Waals surface area contributed by atoms with Gasteiger partial charge in [0, 0.05) is 13.1 Å². The van der Waals surface area contributed by atoms with E-state index < -0.39 is 17.2 Å². The first kappa shape index (κ1) is 17.2. The van der Waals surface area contributed by atoms with E-state index in [1.807, 2.05) is 4.90 Å². The summed E-state index contributed by atoms with van der Waals surface area (Å²) >= 11 is 6.39. The fourth-order valence-corrected chi connectivity index (χ4v) is 3.21. The zero-order valence-electron chi connectivity index (χ0n) is 11.9. The molecule has 0 aromatic heterocycles. The summed E-state index contributed by atoms with van der Waals surface area (Å²) in [6.45, 7) is 5.62. The van der Waals surface area contributed by atoms with Crippen molar-refractivity contribution in [2.75, 3.05) is 26.3 Å². The average molecular weight is 319 g/mol. The van der Waals surface area contributed by atoms with Crippen molar-refractivity contribution < 1.29 is 19.1 Å². The molecule has 0 aromatic carbocycles. The van der Waals surface area contributed by atoms with E-state index in [1.54, 1.807) is 13.8 Å². The van der Waals surface area contributed by atoms with Crippen LogP contribution in [0.2, 0.25) is 0 Å². The molecule has 0 saturated carbocycles. The molecule has 7 heteroatoms. The molecule has 0 atom stereocenters. The Labute approximate surface area is 129 Å². The lowest BCUT2D eigenvalue weighted by Gasteiger charge is -2.29. The van der Waals surface area contributed by atoms with Gasteiger partial charge in [0.1, 0.15) is 4.32 Å². The fourth-order valence-electron chi connectivity index (χ4n) is 1.88. The van der Waals surface area contributed by atoms with Crippen molar-refractivity contribution in [3.05, 3.63) is 0 Å². The maximum atomic E-state index is 11.9. The van der Waals surface area contributed by atoms with Crippen molar-refractivity contribution in [1.29, 1.82) is 0 Å². The third-order valence-corrected chi connectivity index (χ3v) is 4.46.